The van der Waals surface area contributed by atoms with E-state index in [1.807, 2.05) is 10.6 Å². The van der Waals surface area contributed by atoms with Crippen molar-refractivity contribution in [3.05, 3.63) is 35.9 Å². The van der Waals surface area contributed by atoms with Gasteiger partial charge < -0.3 is 74.2 Å². The molecule has 0 saturated carbocycles. The molecule has 16 N–H and O–H groups in total. The van der Waals surface area contributed by atoms with Crippen LogP contribution in [0.5, 0.6) is 0 Å². The zero-order valence-electron chi connectivity index (χ0n) is 32.7. The van der Waals surface area contributed by atoms with Crippen molar-refractivity contribution in [1.82, 2.24) is 37.2 Å². The molecule has 328 valence electrons. The van der Waals surface area contributed by atoms with E-state index >= 15 is 0 Å². The average molecular weight is 840 g/mol. The topological polar surface area (TPSA) is 408 Å². The summed E-state index contributed by atoms with van der Waals surface area (Å²) in [5, 5.41) is 64.0. The molecule has 0 radical (unpaired) electrons. The molecule has 1 rings (SSSR count). The monoisotopic (exact) mass is 839 g/mol. The number of nitrogens with two attached hydrogens (primary N) is 2. The molecule has 8 amide bonds. The Morgan fingerprint density at radius 1 is 0.678 bits per heavy atom. The molecule has 0 aliphatic rings. The lowest BCUT2D eigenvalue weighted by Crippen LogP contribution is -2.62. The SMILES string of the molecule is C[C@@H](O)[C@H](NC(=O)CNC(=O)[C@H](CCC(N)=O)NC(=O)C(C)(C)N)C(=O)N[C@@H](Cc1ccccc1)C(=O)N[C@H](C(=O)N[C@@H](CO)C(=O)N[C@@H](CC(=O)O)C(=O)O)[C@@H](C)O. The Labute approximate surface area is 337 Å². The summed E-state index contributed by atoms with van der Waals surface area (Å²) in [5.41, 5.74) is 9.98. The molecule has 0 saturated heterocycles. The first kappa shape index (κ1) is 50.8. The lowest BCUT2D eigenvalue weighted by molar-refractivity contribution is -0.147. The van der Waals surface area contributed by atoms with Crippen LogP contribution in [0, 0.1) is 0 Å². The Kier molecular flexibility index (Phi) is 20.5. The number of aliphatic hydroxyl groups is 3. The number of amides is 8. The van der Waals surface area contributed by atoms with Gasteiger partial charge >= 0.3 is 11.9 Å². The highest BCUT2D eigenvalue weighted by Crippen LogP contribution is 2.08. The van der Waals surface area contributed by atoms with Gasteiger partial charge in [-0.05, 0) is 39.7 Å². The van der Waals surface area contributed by atoms with Gasteiger partial charge in [0.15, 0.2) is 0 Å². The zero-order chi connectivity index (χ0) is 45.2. The fourth-order valence-electron chi connectivity index (χ4n) is 4.90. The number of nitrogens with one attached hydrogen (secondary N) is 7. The Hall–Kier alpha value is -6.24. The number of benzene rings is 1. The summed E-state index contributed by atoms with van der Waals surface area (Å²) in [5.74, 6) is -11.6. The summed E-state index contributed by atoms with van der Waals surface area (Å²) in [7, 11) is 0. The number of carboxylic acids is 2. The van der Waals surface area contributed by atoms with Crippen LogP contribution >= 0.6 is 0 Å². The fraction of sp³-hybridized carbons (Fsp3) is 0.543. The molecular weight excluding hydrogens is 786 g/mol. The first-order chi connectivity index (χ1) is 27.4. The third kappa shape index (κ3) is 18.3. The first-order valence-corrected chi connectivity index (χ1v) is 18.0. The number of primary amides is 1. The number of hydrogen-bond acceptors (Lipinski definition) is 14. The van der Waals surface area contributed by atoms with E-state index in [4.69, 9.17) is 16.6 Å². The van der Waals surface area contributed by atoms with Gasteiger partial charge in [0.1, 0.15) is 36.3 Å². The van der Waals surface area contributed by atoms with Crippen LogP contribution in [0.1, 0.15) is 52.5 Å². The highest BCUT2D eigenvalue weighted by molar-refractivity contribution is 5.98. The molecule has 8 atom stereocenters. The minimum absolute atomic E-state index is 0.245. The van der Waals surface area contributed by atoms with Crippen molar-refractivity contribution in [3.63, 3.8) is 0 Å². The second-order valence-corrected chi connectivity index (χ2v) is 14.0. The third-order valence-electron chi connectivity index (χ3n) is 8.18. The number of hydrogen-bond donors (Lipinski definition) is 14. The molecule has 0 aliphatic carbocycles. The van der Waals surface area contributed by atoms with Crippen LogP contribution in [0.4, 0.5) is 0 Å². The Morgan fingerprint density at radius 3 is 1.66 bits per heavy atom. The molecule has 0 unspecified atom stereocenters. The second-order valence-electron chi connectivity index (χ2n) is 14.0. The smallest absolute Gasteiger partial charge is 0.326 e. The van der Waals surface area contributed by atoms with E-state index in [2.05, 4.69) is 26.6 Å². The molecule has 1 aromatic carbocycles. The molecular formula is C35H53N9O15. The van der Waals surface area contributed by atoms with Crippen LogP contribution < -0.4 is 48.7 Å². The quantitative estimate of drug-likeness (QED) is 0.0435. The molecule has 0 aliphatic heterocycles. The molecule has 0 aromatic heterocycles. The van der Waals surface area contributed by atoms with E-state index in [9.17, 15) is 68.4 Å². The lowest BCUT2D eigenvalue weighted by atomic mass is 10.0. The normalized spacial score (nSPS) is 15.2. The van der Waals surface area contributed by atoms with Crippen molar-refractivity contribution in [1.29, 1.82) is 0 Å². The van der Waals surface area contributed by atoms with Gasteiger partial charge in [0.25, 0.3) is 0 Å². The number of aliphatic hydroxyl groups excluding tert-OH is 3. The van der Waals surface area contributed by atoms with Crippen molar-refractivity contribution < 1.29 is 73.5 Å². The highest BCUT2D eigenvalue weighted by atomic mass is 16.4. The largest absolute Gasteiger partial charge is 0.481 e. The summed E-state index contributed by atoms with van der Waals surface area (Å²) in [6.07, 6.45) is -5.17. The minimum Gasteiger partial charge on any atom is -0.481 e. The number of carboxylic acid groups (broad SMARTS) is 2. The van der Waals surface area contributed by atoms with Gasteiger partial charge in [-0.2, -0.15) is 0 Å². The summed E-state index contributed by atoms with van der Waals surface area (Å²) in [6, 6.07) is -2.35. The maximum Gasteiger partial charge on any atom is 0.326 e. The zero-order valence-corrected chi connectivity index (χ0v) is 32.7. The van der Waals surface area contributed by atoms with Gasteiger partial charge in [-0.25, -0.2) is 4.79 Å². The third-order valence-corrected chi connectivity index (χ3v) is 8.18. The summed E-state index contributed by atoms with van der Waals surface area (Å²) < 4.78 is 0. The van der Waals surface area contributed by atoms with Crippen LogP contribution in [0.3, 0.4) is 0 Å². The van der Waals surface area contributed by atoms with Crippen LogP contribution in [0.15, 0.2) is 30.3 Å². The van der Waals surface area contributed by atoms with Crippen molar-refractivity contribution in [3.8, 4) is 0 Å². The molecule has 0 heterocycles. The van der Waals surface area contributed by atoms with Crippen molar-refractivity contribution >= 4 is 59.2 Å². The van der Waals surface area contributed by atoms with Crippen molar-refractivity contribution in [2.75, 3.05) is 13.2 Å². The summed E-state index contributed by atoms with van der Waals surface area (Å²) >= 11 is 0. The van der Waals surface area contributed by atoms with Gasteiger partial charge in [0, 0.05) is 12.8 Å². The molecule has 24 heteroatoms. The molecule has 59 heavy (non-hydrogen) atoms. The number of carbonyl (C=O) groups excluding carboxylic acids is 8. The van der Waals surface area contributed by atoms with E-state index < -0.39 is 133 Å². The highest BCUT2D eigenvalue weighted by Gasteiger charge is 2.36. The molecule has 1 aromatic rings. The second kappa shape index (κ2) is 23.9. The fourth-order valence-corrected chi connectivity index (χ4v) is 4.90. The van der Waals surface area contributed by atoms with E-state index in [1.54, 1.807) is 30.3 Å². The van der Waals surface area contributed by atoms with Crippen LogP contribution in [-0.4, -0.2) is 152 Å². The Balaban J connectivity index is 3.21. The number of aliphatic carboxylic acids is 2. The van der Waals surface area contributed by atoms with Gasteiger partial charge in [-0.3, -0.25) is 43.2 Å². The van der Waals surface area contributed by atoms with Gasteiger partial charge in [0.05, 0.1) is 37.3 Å². The average Bonchev–Trinajstić information content (AvgIpc) is 3.13. The minimum atomic E-state index is -1.94. The Morgan fingerprint density at radius 2 is 1.19 bits per heavy atom. The van der Waals surface area contributed by atoms with Gasteiger partial charge in [0.2, 0.25) is 47.3 Å². The summed E-state index contributed by atoms with van der Waals surface area (Å²) in [6.45, 7) is 3.00. The first-order valence-electron chi connectivity index (χ1n) is 18.0. The van der Waals surface area contributed by atoms with E-state index in [0.717, 1.165) is 13.8 Å². The predicted octanol–water partition coefficient (Wildman–Crippen LogP) is -6.43. The number of rotatable bonds is 25. The van der Waals surface area contributed by atoms with Gasteiger partial charge in [-0.1, -0.05) is 30.3 Å². The van der Waals surface area contributed by atoms with E-state index in [0.29, 0.717) is 5.56 Å². The van der Waals surface area contributed by atoms with Crippen LogP contribution in [0.2, 0.25) is 0 Å². The predicted molar refractivity (Wildman–Crippen MR) is 202 cm³/mol. The Bertz CT molecular complexity index is 1690. The molecule has 0 bridgehead atoms. The molecule has 0 spiro atoms. The van der Waals surface area contributed by atoms with Crippen LogP contribution in [0.25, 0.3) is 0 Å². The van der Waals surface area contributed by atoms with Gasteiger partial charge in [-0.15, -0.1) is 0 Å². The molecule has 0 fully saturated rings. The maximum absolute atomic E-state index is 13.7. The van der Waals surface area contributed by atoms with Crippen LogP contribution in [-0.2, 0) is 54.4 Å². The molecule has 24 nitrogen and oxygen atoms in total. The van der Waals surface area contributed by atoms with E-state index in [-0.39, 0.29) is 19.3 Å². The summed E-state index contributed by atoms with van der Waals surface area (Å²) in [4.78, 5) is 125. The maximum atomic E-state index is 13.7. The van der Waals surface area contributed by atoms with E-state index in [1.165, 1.54) is 13.8 Å². The van der Waals surface area contributed by atoms with Crippen molar-refractivity contribution in [2.45, 2.75) is 107 Å². The lowest BCUT2D eigenvalue weighted by Gasteiger charge is -2.28. The standard InChI is InChI=1S/C35H53N9O15/c1-16(46)26(43-24(49)14-38-28(52)19(10-11-23(36)48)42-34(59)35(3,4)37)31(55)39-20(12-18-8-6-5-7-9-18)29(53)44-27(17(2)47)32(56)41-22(15-45)30(54)40-21(33(57)58)13-25(50)51/h5-9,16-17,19-22,26-27,45-47H,10-15,37H2,1-4H3,(H2,36,48)(H,38,52)(H,39,55)(H,40,54)(H,41,56)(H,42,59)(H,43,49)(H,44,53)(H,50,51)(H,57,58)/t16-,17-,19+,20+,21+,22+,26+,27+/m1/s1. The van der Waals surface area contributed by atoms with Crippen molar-refractivity contribution in [2.24, 2.45) is 11.5 Å². The number of carbonyl (C=O) groups is 10.